The van der Waals surface area contributed by atoms with Gasteiger partial charge in [-0.15, -0.1) is 0 Å². The molecule has 1 fully saturated rings. The van der Waals surface area contributed by atoms with Crippen LogP contribution in [0.4, 0.5) is 5.95 Å². The molecule has 6 heteroatoms. The smallest absolute Gasteiger partial charge is 0.225 e. The Hall–Kier alpha value is -2.01. The van der Waals surface area contributed by atoms with Crippen LogP contribution in [0.2, 0.25) is 5.02 Å². The number of rotatable bonds is 7. The summed E-state index contributed by atoms with van der Waals surface area (Å²) >= 11 is 6.14. The lowest BCUT2D eigenvalue weighted by Crippen LogP contribution is -2.51. The Morgan fingerprint density at radius 2 is 1.85 bits per heavy atom. The molecule has 0 radical (unpaired) electrons. The summed E-state index contributed by atoms with van der Waals surface area (Å²) in [7, 11) is 0. The van der Waals surface area contributed by atoms with E-state index >= 15 is 0 Å². The molecule has 2 heterocycles. The summed E-state index contributed by atoms with van der Waals surface area (Å²) in [6.07, 6.45) is 7.88. The first-order valence-corrected chi connectivity index (χ1v) is 10.3. The Morgan fingerprint density at radius 1 is 1.15 bits per heavy atom. The molecule has 146 valence electrons. The van der Waals surface area contributed by atoms with Crippen LogP contribution >= 0.6 is 11.6 Å². The van der Waals surface area contributed by atoms with E-state index in [4.69, 9.17) is 11.6 Å². The summed E-state index contributed by atoms with van der Waals surface area (Å²) in [6, 6.07) is 7.78. The van der Waals surface area contributed by atoms with Crippen LogP contribution in [-0.4, -0.2) is 46.5 Å². The number of nitrogens with zero attached hydrogens (tertiary/aromatic N) is 4. The zero-order chi connectivity index (χ0) is 19.2. The number of amides is 1. The Morgan fingerprint density at radius 3 is 2.48 bits per heavy atom. The summed E-state index contributed by atoms with van der Waals surface area (Å²) in [6.45, 7) is 7.42. The van der Waals surface area contributed by atoms with Gasteiger partial charge in [-0.1, -0.05) is 44.4 Å². The lowest BCUT2D eigenvalue weighted by molar-refractivity contribution is -0.136. The third-order valence-corrected chi connectivity index (χ3v) is 5.44. The van der Waals surface area contributed by atoms with E-state index in [0.29, 0.717) is 10.9 Å². The second-order valence-corrected chi connectivity index (χ2v) is 7.60. The quantitative estimate of drug-likeness (QED) is 0.706. The molecule has 1 amide bonds. The average molecular weight is 389 g/mol. The van der Waals surface area contributed by atoms with Crippen LogP contribution in [0.15, 0.2) is 36.7 Å². The van der Waals surface area contributed by atoms with E-state index in [1.807, 2.05) is 41.6 Å². The van der Waals surface area contributed by atoms with Gasteiger partial charge in [-0.05, 0) is 31.0 Å². The number of hydrogen-bond acceptors (Lipinski definition) is 3. The van der Waals surface area contributed by atoms with Crippen molar-refractivity contribution in [3.05, 3.63) is 41.7 Å². The van der Waals surface area contributed by atoms with Crippen LogP contribution in [0.1, 0.15) is 39.5 Å². The normalized spacial score (nSPS) is 14.8. The molecule has 1 aromatic heterocycles. The SMILES string of the molecule is CCCC(CCC)C(=O)N1CCN(c2nccn2-c2cccc(Cl)c2)CC1. The van der Waals surface area contributed by atoms with Gasteiger partial charge < -0.3 is 9.80 Å². The maximum Gasteiger partial charge on any atom is 0.225 e. The molecular weight excluding hydrogens is 360 g/mol. The van der Waals surface area contributed by atoms with Gasteiger partial charge in [0.25, 0.3) is 0 Å². The number of carbonyl (C=O) groups excluding carboxylic acids is 1. The average Bonchev–Trinajstić information content (AvgIpc) is 3.17. The molecule has 0 N–H and O–H groups in total. The molecule has 0 spiro atoms. The molecule has 0 saturated carbocycles. The van der Waals surface area contributed by atoms with E-state index < -0.39 is 0 Å². The fraction of sp³-hybridized carbons (Fsp3) is 0.524. The van der Waals surface area contributed by atoms with Crippen molar-refractivity contribution in [1.29, 1.82) is 0 Å². The van der Waals surface area contributed by atoms with Crippen molar-refractivity contribution in [3.63, 3.8) is 0 Å². The molecule has 1 aliphatic heterocycles. The zero-order valence-electron chi connectivity index (χ0n) is 16.3. The van der Waals surface area contributed by atoms with Crippen LogP contribution < -0.4 is 4.90 Å². The topological polar surface area (TPSA) is 41.4 Å². The lowest BCUT2D eigenvalue weighted by Gasteiger charge is -2.37. The number of carbonyl (C=O) groups is 1. The Bertz CT molecular complexity index is 746. The summed E-state index contributed by atoms with van der Waals surface area (Å²) in [4.78, 5) is 21.7. The van der Waals surface area contributed by atoms with E-state index in [2.05, 4.69) is 28.3 Å². The van der Waals surface area contributed by atoms with Gasteiger partial charge in [0.05, 0.1) is 0 Å². The van der Waals surface area contributed by atoms with Crippen molar-refractivity contribution in [1.82, 2.24) is 14.5 Å². The minimum atomic E-state index is 0.181. The molecule has 5 nitrogen and oxygen atoms in total. The highest BCUT2D eigenvalue weighted by atomic mass is 35.5. The number of aromatic nitrogens is 2. The molecule has 1 aromatic carbocycles. The predicted octanol–water partition coefficient (Wildman–Crippen LogP) is 4.39. The van der Waals surface area contributed by atoms with Gasteiger partial charge in [0.2, 0.25) is 11.9 Å². The molecule has 27 heavy (non-hydrogen) atoms. The van der Waals surface area contributed by atoms with Gasteiger partial charge in [0.1, 0.15) is 0 Å². The van der Waals surface area contributed by atoms with Gasteiger partial charge >= 0.3 is 0 Å². The first kappa shape index (κ1) is 19.7. The standard InChI is InChI=1S/C21H29ClN4O/c1-3-6-17(7-4-2)20(27)24-12-14-25(15-13-24)21-23-10-11-26(21)19-9-5-8-18(22)16-19/h5,8-11,16-17H,3-4,6-7,12-15H2,1-2H3. The van der Waals surface area contributed by atoms with Crippen LogP contribution in [-0.2, 0) is 4.79 Å². The lowest BCUT2D eigenvalue weighted by atomic mass is 9.96. The largest absolute Gasteiger partial charge is 0.339 e. The van der Waals surface area contributed by atoms with Crippen molar-refractivity contribution in [2.24, 2.45) is 5.92 Å². The maximum absolute atomic E-state index is 12.9. The van der Waals surface area contributed by atoms with Crippen LogP contribution in [0.25, 0.3) is 5.69 Å². The molecule has 0 aliphatic carbocycles. The molecule has 1 aliphatic rings. The number of halogens is 1. The summed E-state index contributed by atoms with van der Waals surface area (Å²) < 4.78 is 2.06. The molecule has 2 aromatic rings. The Kier molecular flexibility index (Phi) is 6.78. The minimum absolute atomic E-state index is 0.181. The predicted molar refractivity (Wildman–Crippen MR) is 111 cm³/mol. The molecule has 1 saturated heterocycles. The van der Waals surface area contributed by atoms with Crippen molar-refractivity contribution in [2.45, 2.75) is 39.5 Å². The molecule has 0 atom stereocenters. The summed E-state index contributed by atoms with van der Waals surface area (Å²) in [5.74, 6) is 1.42. The molecule has 3 rings (SSSR count). The van der Waals surface area contributed by atoms with Gasteiger partial charge in [-0.2, -0.15) is 0 Å². The fourth-order valence-electron chi connectivity index (χ4n) is 3.83. The van der Waals surface area contributed by atoms with E-state index in [1.165, 1.54) is 0 Å². The maximum atomic E-state index is 12.9. The van der Waals surface area contributed by atoms with E-state index in [9.17, 15) is 4.79 Å². The molecule has 0 bridgehead atoms. The van der Waals surface area contributed by atoms with Crippen LogP contribution in [0.3, 0.4) is 0 Å². The van der Waals surface area contributed by atoms with E-state index in [-0.39, 0.29) is 5.92 Å². The van der Waals surface area contributed by atoms with Crippen molar-refractivity contribution in [3.8, 4) is 5.69 Å². The highest BCUT2D eigenvalue weighted by molar-refractivity contribution is 6.30. The Balaban J connectivity index is 1.66. The van der Waals surface area contributed by atoms with Crippen LogP contribution in [0.5, 0.6) is 0 Å². The number of anilines is 1. The third kappa shape index (κ3) is 4.64. The fourth-order valence-corrected chi connectivity index (χ4v) is 4.01. The number of imidazole rings is 1. The second kappa shape index (κ2) is 9.27. The number of hydrogen-bond donors (Lipinski definition) is 0. The Labute approximate surface area is 166 Å². The minimum Gasteiger partial charge on any atom is -0.339 e. The number of piperazine rings is 1. The van der Waals surface area contributed by atoms with Gasteiger partial charge in [-0.3, -0.25) is 9.36 Å². The second-order valence-electron chi connectivity index (χ2n) is 7.16. The van der Waals surface area contributed by atoms with Crippen molar-refractivity contribution < 1.29 is 4.79 Å². The first-order chi connectivity index (χ1) is 13.1. The monoisotopic (exact) mass is 388 g/mol. The van der Waals surface area contributed by atoms with E-state index in [1.54, 1.807) is 0 Å². The van der Waals surface area contributed by atoms with Crippen molar-refractivity contribution >= 4 is 23.5 Å². The highest BCUT2D eigenvalue weighted by Crippen LogP contribution is 2.23. The highest BCUT2D eigenvalue weighted by Gasteiger charge is 2.27. The number of benzene rings is 1. The van der Waals surface area contributed by atoms with Gasteiger partial charge in [0, 0.05) is 55.2 Å². The summed E-state index contributed by atoms with van der Waals surface area (Å²) in [5, 5.41) is 0.709. The van der Waals surface area contributed by atoms with E-state index in [0.717, 1.165) is 63.5 Å². The van der Waals surface area contributed by atoms with Crippen molar-refractivity contribution in [2.75, 3.05) is 31.1 Å². The van der Waals surface area contributed by atoms with Gasteiger partial charge in [-0.25, -0.2) is 4.98 Å². The molecular formula is C21H29ClN4O. The first-order valence-electron chi connectivity index (χ1n) is 9.97. The zero-order valence-corrected chi connectivity index (χ0v) is 17.0. The third-order valence-electron chi connectivity index (χ3n) is 5.21. The summed E-state index contributed by atoms with van der Waals surface area (Å²) in [5.41, 5.74) is 1.000. The van der Waals surface area contributed by atoms with Gasteiger partial charge in [0.15, 0.2) is 0 Å². The van der Waals surface area contributed by atoms with Crippen LogP contribution in [0, 0.1) is 5.92 Å². The molecule has 0 unspecified atom stereocenters.